The lowest BCUT2D eigenvalue weighted by molar-refractivity contribution is -0.135. The molecule has 3 amide bonds. The summed E-state index contributed by atoms with van der Waals surface area (Å²) in [6.07, 6.45) is 3.25. The number of aryl methyl sites for hydroxylation is 1. The fourth-order valence-corrected chi connectivity index (χ4v) is 9.27. The van der Waals surface area contributed by atoms with Crippen LogP contribution >= 0.6 is 0 Å². The van der Waals surface area contributed by atoms with Crippen molar-refractivity contribution in [3.63, 3.8) is 0 Å². The number of fused-ring (bicyclic) bond motifs is 3. The first-order valence-electron chi connectivity index (χ1n) is 18.6. The molecule has 1 saturated carbocycles. The monoisotopic (exact) mass is 797 g/mol. The number of ether oxygens (including phenoxy) is 2. The van der Waals surface area contributed by atoms with Crippen LogP contribution in [0.25, 0.3) is 21.8 Å². The van der Waals surface area contributed by atoms with Gasteiger partial charge in [0.15, 0.2) is 26.8 Å². The van der Waals surface area contributed by atoms with E-state index in [-0.39, 0.29) is 89.0 Å². The molecule has 0 radical (unpaired) electrons. The van der Waals surface area contributed by atoms with Gasteiger partial charge in [-0.25, -0.2) is 9.37 Å². The minimum absolute atomic E-state index is 0.00892. The summed E-state index contributed by atoms with van der Waals surface area (Å²) in [4.78, 5) is 72.2. The van der Waals surface area contributed by atoms with Crippen LogP contribution in [0.2, 0.25) is 0 Å². The van der Waals surface area contributed by atoms with E-state index in [0.29, 0.717) is 30.2 Å². The highest BCUT2D eigenvalue weighted by Gasteiger charge is 2.36. The van der Waals surface area contributed by atoms with Crippen LogP contribution in [0.15, 0.2) is 69.2 Å². The van der Waals surface area contributed by atoms with E-state index in [4.69, 9.17) is 9.47 Å². The lowest BCUT2D eigenvalue weighted by Crippen LogP contribution is -2.51. The summed E-state index contributed by atoms with van der Waals surface area (Å²) in [5.74, 6) is -1.46. The number of aromatic nitrogens is 3. The molecule has 2 unspecified atom stereocenters. The Morgan fingerprint density at radius 1 is 0.965 bits per heavy atom. The molecule has 5 aromatic rings. The third-order valence-corrected chi connectivity index (χ3v) is 12.8. The molecule has 18 heteroatoms. The smallest absolute Gasteiger partial charge is 0.262 e. The van der Waals surface area contributed by atoms with Crippen LogP contribution in [0.1, 0.15) is 53.9 Å². The summed E-state index contributed by atoms with van der Waals surface area (Å²) in [7, 11) is -3.88. The van der Waals surface area contributed by atoms with Crippen molar-refractivity contribution in [3.8, 4) is 11.5 Å². The maximum Gasteiger partial charge on any atom is 0.262 e. The van der Waals surface area contributed by atoms with Crippen LogP contribution in [0.4, 0.5) is 15.8 Å². The number of nitrogens with zero attached hydrogens (tertiary/aromatic N) is 5. The van der Waals surface area contributed by atoms with Gasteiger partial charge in [0, 0.05) is 43.2 Å². The number of nitrogens with one attached hydrogen (secondary N) is 2. The van der Waals surface area contributed by atoms with Crippen LogP contribution in [-0.4, -0.2) is 80.1 Å². The van der Waals surface area contributed by atoms with Gasteiger partial charge in [0.05, 0.1) is 35.4 Å². The van der Waals surface area contributed by atoms with E-state index in [9.17, 15) is 32.7 Å². The number of rotatable bonds is 7. The van der Waals surface area contributed by atoms with Crippen LogP contribution in [0, 0.1) is 12.7 Å². The van der Waals surface area contributed by atoms with Gasteiger partial charge in [-0.05, 0) is 62.6 Å². The molecule has 3 aromatic carbocycles. The maximum absolute atomic E-state index is 16.0. The largest absolute Gasteiger partial charge is 0.593 e. The van der Waals surface area contributed by atoms with Crippen molar-refractivity contribution in [1.29, 1.82) is 0 Å². The Morgan fingerprint density at radius 3 is 2.46 bits per heavy atom. The van der Waals surface area contributed by atoms with Gasteiger partial charge in [-0.1, -0.05) is 10.3 Å². The summed E-state index contributed by atoms with van der Waals surface area (Å²) >= 11 is 0. The Bertz CT molecular complexity index is 2720. The standard InChI is InChI=1S/C39H36FN7O9S/c1-21-41-35-24(39(52)47(21)29-8-10-34(48)43-38(29)51)3-2-4-28(35)42-37(50)26-20-46(22-5-6-22)30-19-31(27(40)18-25(30)36(26)49)44-11-13-45(14-12-44)57(53,54)23-7-9-32-33(17-23)56-16-15-55-32/h2-4,7,9,17-20,22,29H,5-6,8,10-16H2,1H3,(H2-,42,43,48,50,51,53,54). The molecular weight excluding hydrogens is 762 g/mol. The number of hydrogen-bond donors (Lipinski definition) is 2. The van der Waals surface area contributed by atoms with E-state index in [0.717, 1.165) is 18.9 Å². The number of para-hydroxylation sites is 1. The van der Waals surface area contributed by atoms with Gasteiger partial charge in [0.2, 0.25) is 17.2 Å². The molecule has 2 atom stereocenters. The Morgan fingerprint density at radius 2 is 1.72 bits per heavy atom. The number of piperazine rings is 1. The molecule has 1 aliphatic carbocycles. The number of benzene rings is 3. The zero-order valence-electron chi connectivity index (χ0n) is 30.6. The molecule has 3 aliphatic heterocycles. The van der Waals surface area contributed by atoms with Crippen molar-refractivity contribution in [2.45, 2.75) is 49.6 Å². The molecule has 4 aliphatic rings. The topological polar surface area (TPSA) is 197 Å². The molecule has 2 aromatic heterocycles. The molecule has 3 fully saturated rings. The SMILES string of the molecule is Cc1nc2c(NC(=O)c3cn(C4CC4)c4cc(N5CCN([S+](=O)([O-])c6ccc7c(c6)OCCO7)CC5)c(F)cc4c3=O)cccc2c(=O)n1C1CCC(=O)NC1=O. The first kappa shape index (κ1) is 36.6. The number of anilines is 2. The average molecular weight is 798 g/mol. The summed E-state index contributed by atoms with van der Waals surface area (Å²) in [6, 6.07) is 10.8. The van der Waals surface area contributed by atoms with Crippen LogP contribution < -0.4 is 36.0 Å². The quantitative estimate of drug-likeness (QED) is 0.181. The Hall–Kier alpha value is -5.98. The molecule has 2 saturated heterocycles. The second kappa shape index (κ2) is 13.9. The van der Waals surface area contributed by atoms with Gasteiger partial charge < -0.3 is 28.8 Å². The Labute approximate surface area is 324 Å². The minimum atomic E-state index is -3.88. The molecular formula is C39H36FN7O9S. The van der Waals surface area contributed by atoms with Crippen molar-refractivity contribution < 1.29 is 37.0 Å². The van der Waals surface area contributed by atoms with E-state index in [1.807, 2.05) is 0 Å². The number of carbonyl (C=O) groups is 3. The molecule has 0 spiro atoms. The second-order valence-corrected chi connectivity index (χ2v) is 16.4. The van der Waals surface area contributed by atoms with E-state index in [2.05, 4.69) is 15.6 Å². The lowest BCUT2D eigenvalue weighted by atomic mass is 10.1. The highest BCUT2D eigenvalue weighted by atomic mass is 32.3. The van der Waals surface area contributed by atoms with E-state index >= 15 is 4.39 Å². The molecule has 5 heterocycles. The zero-order chi connectivity index (χ0) is 39.7. The predicted octanol–water partition coefficient (Wildman–Crippen LogP) is 3.22. The third-order valence-electron chi connectivity index (χ3n) is 10.9. The predicted molar refractivity (Wildman–Crippen MR) is 205 cm³/mol. The van der Waals surface area contributed by atoms with Gasteiger partial charge in [-0.15, -0.1) is 4.31 Å². The van der Waals surface area contributed by atoms with E-state index < -0.39 is 51.0 Å². The number of carbonyl (C=O) groups excluding carboxylic acids is 3. The van der Waals surface area contributed by atoms with Gasteiger partial charge in [-0.3, -0.25) is 33.9 Å². The molecule has 0 bridgehead atoms. The molecule has 9 rings (SSSR count). The number of piperidine rings is 1. The highest BCUT2D eigenvalue weighted by Crippen LogP contribution is 2.39. The van der Waals surface area contributed by atoms with Gasteiger partial charge >= 0.3 is 0 Å². The number of amides is 3. The molecule has 16 nitrogen and oxygen atoms in total. The summed E-state index contributed by atoms with van der Waals surface area (Å²) in [5, 5.41) is 5.11. The molecule has 2 N–H and O–H groups in total. The fourth-order valence-electron chi connectivity index (χ4n) is 7.84. The van der Waals surface area contributed by atoms with Gasteiger partial charge in [-0.2, -0.15) is 0 Å². The maximum atomic E-state index is 16.0. The number of imide groups is 1. The van der Waals surface area contributed by atoms with Crippen LogP contribution in [0.5, 0.6) is 11.5 Å². The van der Waals surface area contributed by atoms with Crippen molar-refractivity contribution >= 4 is 61.3 Å². The molecule has 294 valence electrons. The Balaban J connectivity index is 0.985. The number of pyridine rings is 1. The zero-order valence-corrected chi connectivity index (χ0v) is 31.4. The third kappa shape index (κ3) is 6.42. The highest BCUT2D eigenvalue weighted by molar-refractivity contribution is 7.95. The van der Waals surface area contributed by atoms with Crippen molar-refractivity contribution in [1.82, 2.24) is 23.7 Å². The van der Waals surface area contributed by atoms with Crippen molar-refractivity contribution in [3.05, 3.63) is 92.5 Å². The number of halogens is 1. The average Bonchev–Trinajstić information content (AvgIpc) is 4.05. The van der Waals surface area contributed by atoms with E-state index in [1.54, 1.807) is 34.6 Å². The molecule has 57 heavy (non-hydrogen) atoms. The second-order valence-electron chi connectivity index (χ2n) is 14.5. The minimum Gasteiger partial charge on any atom is -0.593 e. The first-order chi connectivity index (χ1) is 27.4. The van der Waals surface area contributed by atoms with Crippen LogP contribution in [0.3, 0.4) is 0 Å². The van der Waals surface area contributed by atoms with Crippen molar-refractivity contribution in [2.75, 3.05) is 49.6 Å². The number of sulfonamides is 1. The summed E-state index contributed by atoms with van der Waals surface area (Å²) < 4.78 is 58.6. The first-order valence-corrected chi connectivity index (χ1v) is 20.0. The summed E-state index contributed by atoms with van der Waals surface area (Å²) in [5.41, 5.74) is -0.491. The van der Waals surface area contributed by atoms with Crippen molar-refractivity contribution in [2.24, 2.45) is 0 Å². The number of hydrogen-bond acceptors (Lipinski definition) is 11. The summed E-state index contributed by atoms with van der Waals surface area (Å²) in [6.45, 7) is 2.82. The Kier molecular flexibility index (Phi) is 8.93. The van der Waals surface area contributed by atoms with Crippen LogP contribution in [-0.2, 0) is 24.2 Å². The van der Waals surface area contributed by atoms with E-state index in [1.165, 1.54) is 39.3 Å². The normalized spacial score (nSPS) is 19.7. The van der Waals surface area contributed by atoms with Gasteiger partial charge in [0.25, 0.3) is 11.5 Å². The van der Waals surface area contributed by atoms with Gasteiger partial charge in [0.1, 0.15) is 42.0 Å². The fraction of sp³-hybridized carbons (Fsp3) is 0.333. The lowest BCUT2D eigenvalue weighted by Gasteiger charge is -2.37.